The molecule has 12 heavy (non-hydrogen) atoms. The van der Waals surface area contributed by atoms with Crippen LogP contribution < -0.4 is 37.7 Å². The Morgan fingerprint density at radius 2 is 1.58 bits per heavy atom. The van der Waals surface area contributed by atoms with Gasteiger partial charge in [-0.25, -0.2) is 0 Å². The smallest absolute Gasteiger partial charge is 0.481 e. The molecule has 54 valence electrons. The van der Waals surface area contributed by atoms with Crippen molar-refractivity contribution in [3.05, 3.63) is 0 Å². The molecule has 1 atom stereocenters. The Morgan fingerprint density at radius 3 is 1.67 bits per heavy atom. The van der Waals surface area contributed by atoms with Gasteiger partial charge in [0.25, 0.3) is 0 Å². The van der Waals surface area contributed by atoms with Crippen LogP contribution in [0.25, 0.3) is 0 Å². The van der Waals surface area contributed by atoms with Gasteiger partial charge in [0.05, 0.1) is 6.42 Å². The van der Waals surface area contributed by atoms with Gasteiger partial charge in [0.1, 0.15) is 5.25 Å². The minimum Gasteiger partial charge on any atom is -0.481 e. The minimum atomic E-state index is -1.21. The molecule has 0 aliphatic rings. The van der Waals surface area contributed by atoms with Crippen LogP contribution >= 0.6 is 12.6 Å². The van der Waals surface area contributed by atoms with E-state index >= 15 is 0 Å². The molecule has 8 heteroatoms. The summed E-state index contributed by atoms with van der Waals surface area (Å²) >= 11 is 3.48. The minimum absolute atomic E-state index is 0. The summed E-state index contributed by atoms with van der Waals surface area (Å²) in [5, 5.41) is 15.0. The third kappa shape index (κ3) is 13.9. The molecule has 0 aromatic carbocycles. The fraction of sp³-hybridized carbons (Fsp3) is 0.500. The van der Waals surface area contributed by atoms with Crippen LogP contribution in [-0.4, -0.2) is 51.8 Å². The number of carboxylic acids is 2. The fourth-order valence-electron chi connectivity index (χ4n) is 0.253. The quantitative estimate of drug-likeness (QED) is 0.356. The van der Waals surface area contributed by atoms with Crippen LogP contribution in [0.3, 0.4) is 0 Å². The average molecular weight is 286 g/mol. The first kappa shape index (κ1) is 23.3. The summed E-state index contributed by atoms with van der Waals surface area (Å²) in [6.07, 6.45) is -0.446. The Bertz CT molecular complexity index is 145. The van der Waals surface area contributed by atoms with E-state index in [1.807, 2.05) is 0 Å². The first-order valence-electron chi connectivity index (χ1n) is 2.16. The van der Waals surface area contributed by atoms with Crippen molar-refractivity contribution < 1.29 is 57.5 Å². The van der Waals surface area contributed by atoms with Gasteiger partial charge in [-0.15, -0.1) is 0 Å². The van der Waals surface area contributed by atoms with Gasteiger partial charge >= 0.3 is 74.1 Å². The van der Waals surface area contributed by atoms with Crippen LogP contribution in [0.5, 0.6) is 0 Å². The van der Waals surface area contributed by atoms with Crippen molar-refractivity contribution >= 4 is 49.0 Å². The molecule has 0 fully saturated rings. The first-order chi connectivity index (χ1) is 4.04. The molecule has 0 saturated carbocycles. The molecule has 4 nitrogen and oxygen atoms in total. The number of rotatable bonds is 3. The third-order valence-corrected chi connectivity index (χ3v) is 1.06. The Balaban J connectivity index is -0.000000107. The van der Waals surface area contributed by atoms with E-state index in [-0.39, 0.29) is 62.1 Å². The predicted octanol–water partition coefficient (Wildman–Crippen LogP) is -6.53. The van der Waals surface area contributed by atoms with Crippen LogP contribution in [-0.2, 0) is 9.59 Å². The van der Waals surface area contributed by atoms with Crippen molar-refractivity contribution in [3.8, 4) is 0 Å². The predicted molar refractivity (Wildman–Crippen MR) is 38.4 cm³/mol. The van der Waals surface area contributed by atoms with E-state index in [1.54, 1.807) is 0 Å². The maximum Gasteiger partial charge on any atom is 3.00 e. The number of aliphatic carboxylic acids is 2. The SMILES string of the molecule is O=C(O)CC(S)C(=O)O.[Li+].[Li+].[Sb+3]. The number of hydrogen-bond donors (Lipinski definition) is 3. The summed E-state index contributed by atoms with van der Waals surface area (Å²) in [5.41, 5.74) is 0. The summed E-state index contributed by atoms with van der Waals surface area (Å²) < 4.78 is 0. The molecule has 0 amide bonds. The molecule has 0 saturated heterocycles. The van der Waals surface area contributed by atoms with Crippen LogP contribution in [0, 0.1) is 0 Å². The molecule has 0 rings (SSSR count). The summed E-state index contributed by atoms with van der Waals surface area (Å²) in [4.78, 5) is 19.7. The Hall–Kier alpha value is 1.30. The molecule has 0 bridgehead atoms. The topological polar surface area (TPSA) is 74.6 Å². The number of thiol groups is 1. The molecule has 1 unspecified atom stereocenters. The van der Waals surface area contributed by atoms with Crippen molar-refractivity contribution in [1.82, 2.24) is 0 Å². The number of carboxylic acid groups (broad SMARTS) is 2. The van der Waals surface area contributed by atoms with Crippen molar-refractivity contribution in [2.75, 3.05) is 0 Å². The monoisotopic (exact) mass is 285 g/mol. The van der Waals surface area contributed by atoms with Gasteiger partial charge in [0, 0.05) is 0 Å². The molecule has 0 aliphatic heterocycles. The second kappa shape index (κ2) is 12.3. The van der Waals surface area contributed by atoms with Gasteiger partial charge in [0.2, 0.25) is 0 Å². The normalized spacial score (nSPS) is 9.42. The van der Waals surface area contributed by atoms with Gasteiger partial charge in [-0.1, -0.05) is 0 Å². The van der Waals surface area contributed by atoms with E-state index in [1.165, 1.54) is 0 Å². The molecule has 2 N–H and O–H groups in total. The van der Waals surface area contributed by atoms with E-state index in [9.17, 15) is 9.59 Å². The summed E-state index contributed by atoms with van der Waals surface area (Å²) in [6, 6.07) is 0. The standard InChI is InChI=1S/C4H6O4S.2Li.Sb/c5-3(6)1-2(9)4(7)8;;;/h2,9H,1H2,(H,5,6)(H,7,8);;;/q;2*+1;+3. The van der Waals surface area contributed by atoms with Crippen molar-refractivity contribution in [3.63, 3.8) is 0 Å². The van der Waals surface area contributed by atoms with E-state index < -0.39 is 23.6 Å². The first-order valence-corrected chi connectivity index (χ1v) is 2.68. The van der Waals surface area contributed by atoms with Crippen LogP contribution in [0.1, 0.15) is 6.42 Å². The van der Waals surface area contributed by atoms with E-state index in [0.717, 1.165) is 0 Å². The summed E-state index contributed by atoms with van der Waals surface area (Å²) in [5.74, 6) is -2.36. The Kier molecular flexibility index (Phi) is 23.9. The zero-order valence-electron chi connectivity index (χ0n) is 6.89. The number of carbonyl (C=O) groups is 2. The largest absolute Gasteiger partial charge is 3.00 e. The van der Waals surface area contributed by atoms with Crippen LogP contribution in [0.15, 0.2) is 0 Å². The van der Waals surface area contributed by atoms with Crippen LogP contribution in [0.4, 0.5) is 0 Å². The second-order valence-electron chi connectivity index (χ2n) is 1.45. The van der Waals surface area contributed by atoms with Gasteiger partial charge in [0.15, 0.2) is 0 Å². The van der Waals surface area contributed by atoms with Gasteiger partial charge in [-0.3, -0.25) is 9.59 Å². The number of hydrogen-bond acceptors (Lipinski definition) is 3. The molecule has 0 spiro atoms. The van der Waals surface area contributed by atoms with Gasteiger partial charge in [-0.2, -0.15) is 12.6 Å². The van der Waals surface area contributed by atoms with Crippen molar-refractivity contribution in [1.29, 1.82) is 0 Å². The van der Waals surface area contributed by atoms with E-state index in [2.05, 4.69) is 12.6 Å². The zero-order chi connectivity index (χ0) is 7.44. The molecule has 0 aliphatic carbocycles. The molecular weight excluding hydrogens is 280 g/mol. The van der Waals surface area contributed by atoms with E-state index in [4.69, 9.17) is 10.2 Å². The Labute approximate surface area is 117 Å². The second-order valence-corrected chi connectivity index (χ2v) is 2.08. The van der Waals surface area contributed by atoms with E-state index in [0.29, 0.717) is 0 Å². The van der Waals surface area contributed by atoms with Crippen molar-refractivity contribution in [2.24, 2.45) is 0 Å². The van der Waals surface area contributed by atoms with Gasteiger partial charge < -0.3 is 10.2 Å². The molecule has 0 aromatic rings. The third-order valence-electron chi connectivity index (χ3n) is 0.653. The maximum absolute atomic E-state index is 9.90. The van der Waals surface area contributed by atoms with Gasteiger partial charge in [-0.05, 0) is 0 Å². The fourth-order valence-corrected chi connectivity index (χ4v) is 0.409. The maximum atomic E-state index is 9.90. The Morgan fingerprint density at radius 1 is 1.25 bits per heavy atom. The summed E-state index contributed by atoms with van der Waals surface area (Å²) in [7, 11) is 0. The van der Waals surface area contributed by atoms with Crippen LogP contribution in [0.2, 0.25) is 0 Å². The molecular formula is C4H6Li2O4SSb+5. The zero-order valence-corrected chi connectivity index (χ0v) is 10.3. The average Bonchev–Trinajstić information content (AvgIpc) is 1.63. The molecule has 0 aromatic heterocycles. The molecule has 2 radical (unpaired) electrons. The summed E-state index contributed by atoms with van der Waals surface area (Å²) in [6.45, 7) is 0. The molecule has 0 heterocycles. The van der Waals surface area contributed by atoms with Crippen molar-refractivity contribution in [2.45, 2.75) is 11.7 Å².